The number of anilines is 1. The lowest BCUT2D eigenvalue weighted by Gasteiger charge is -2.10. The van der Waals surface area contributed by atoms with Gasteiger partial charge in [-0.2, -0.15) is 0 Å². The SMILES string of the molecule is COC(=O)c1cc(NC(=O)c2cccc(OCc3cn4cc(C)ccc4n3)c2)ccc1Cl. The fraction of sp³-hybridized carbons (Fsp3) is 0.125. The minimum atomic E-state index is -0.580. The van der Waals surface area contributed by atoms with Gasteiger partial charge in [-0.15, -0.1) is 0 Å². The van der Waals surface area contributed by atoms with Crippen LogP contribution >= 0.6 is 11.6 Å². The smallest absolute Gasteiger partial charge is 0.339 e. The number of nitrogens with zero attached hydrogens (tertiary/aromatic N) is 2. The number of hydrogen-bond acceptors (Lipinski definition) is 5. The van der Waals surface area contributed by atoms with Crippen molar-refractivity contribution in [3.63, 3.8) is 0 Å². The van der Waals surface area contributed by atoms with E-state index in [1.165, 1.54) is 19.2 Å². The number of methoxy groups -OCH3 is 1. The number of imidazole rings is 1. The normalized spacial score (nSPS) is 10.7. The van der Waals surface area contributed by atoms with Crippen LogP contribution in [-0.2, 0) is 11.3 Å². The zero-order chi connectivity index (χ0) is 22.7. The number of halogens is 1. The zero-order valence-electron chi connectivity index (χ0n) is 17.5. The summed E-state index contributed by atoms with van der Waals surface area (Å²) in [4.78, 5) is 29.0. The van der Waals surface area contributed by atoms with Crippen LogP contribution in [0.15, 0.2) is 67.0 Å². The van der Waals surface area contributed by atoms with Gasteiger partial charge in [0.15, 0.2) is 0 Å². The topological polar surface area (TPSA) is 81.9 Å². The molecule has 0 unspecified atom stereocenters. The Morgan fingerprint density at radius 3 is 2.75 bits per heavy atom. The van der Waals surface area contributed by atoms with Gasteiger partial charge in [0.1, 0.15) is 18.0 Å². The van der Waals surface area contributed by atoms with E-state index in [1.54, 1.807) is 30.3 Å². The molecule has 2 heterocycles. The first-order valence-corrected chi connectivity index (χ1v) is 10.2. The first kappa shape index (κ1) is 21.4. The van der Waals surface area contributed by atoms with Gasteiger partial charge in [0.2, 0.25) is 0 Å². The van der Waals surface area contributed by atoms with Gasteiger partial charge >= 0.3 is 5.97 Å². The maximum Gasteiger partial charge on any atom is 0.339 e. The highest BCUT2D eigenvalue weighted by molar-refractivity contribution is 6.33. The second-order valence-corrected chi connectivity index (χ2v) is 7.57. The van der Waals surface area contributed by atoms with Gasteiger partial charge in [-0.25, -0.2) is 9.78 Å². The molecule has 0 saturated carbocycles. The molecule has 2 aromatic carbocycles. The second kappa shape index (κ2) is 9.11. The predicted molar refractivity (Wildman–Crippen MR) is 121 cm³/mol. The summed E-state index contributed by atoms with van der Waals surface area (Å²) in [5.74, 6) is -0.391. The minimum Gasteiger partial charge on any atom is -0.487 e. The van der Waals surface area contributed by atoms with E-state index in [0.717, 1.165) is 16.9 Å². The van der Waals surface area contributed by atoms with Crippen LogP contribution in [0.2, 0.25) is 5.02 Å². The molecule has 0 spiro atoms. The molecule has 2 aromatic heterocycles. The highest BCUT2D eigenvalue weighted by Crippen LogP contribution is 2.23. The highest BCUT2D eigenvalue weighted by atomic mass is 35.5. The Morgan fingerprint density at radius 1 is 1.09 bits per heavy atom. The number of fused-ring (bicyclic) bond motifs is 1. The highest BCUT2D eigenvalue weighted by Gasteiger charge is 2.14. The number of aryl methyl sites for hydroxylation is 1. The summed E-state index contributed by atoms with van der Waals surface area (Å²) in [5.41, 5.74) is 3.76. The van der Waals surface area contributed by atoms with E-state index in [9.17, 15) is 9.59 Å². The summed E-state index contributed by atoms with van der Waals surface area (Å²) < 4.78 is 12.5. The molecule has 7 nitrogen and oxygen atoms in total. The van der Waals surface area contributed by atoms with Crippen molar-refractivity contribution in [3.05, 3.63) is 94.4 Å². The van der Waals surface area contributed by atoms with Crippen LogP contribution in [0.4, 0.5) is 5.69 Å². The van der Waals surface area contributed by atoms with E-state index in [2.05, 4.69) is 10.3 Å². The van der Waals surface area contributed by atoms with Crippen molar-refractivity contribution in [2.24, 2.45) is 0 Å². The van der Waals surface area contributed by atoms with Gasteiger partial charge in [0.05, 0.1) is 23.4 Å². The van der Waals surface area contributed by atoms with Crippen molar-refractivity contribution in [1.82, 2.24) is 9.38 Å². The third kappa shape index (κ3) is 4.73. The molecule has 0 radical (unpaired) electrons. The Kier molecular flexibility index (Phi) is 6.09. The van der Waals surface area contributed by atoms with Crippen molar-refractivity contribution >= 4 is 34.8 Å². The van der Waals surface area contributed by atoms with E-state index in [0.29, 0.717) is 17.0 Å². The molecule has 4 aromatic rings. The average molecular weight is 450 g/mol. The maximum absolute atomic E-state index is 12.7. The first-order chi connectivity index (χ1) is 15.4. The molecular formula is C24H20ClN3O4. The number of pyridine rings is 1. The molecule has 0 bridgehead atoms. The number of carbonyl (C=O) groups is 2. The number of hydrogen-bond donors (Lipinski definition) is 1. The predicted octanol–water partition coefficient (Wildman–Crippen LogP) is 4.91. The number of carbonyl (C=O) groups excluding carboxylic acids is 2. The molecule has 0 aliphatic heterocycles. The molecule has 8 heteroatoms. The Morgan fingerprint density at radius 2 is 1.94 bits per heavy atom. The number of benzene rings is 2. The lowest BCUT2D eigenvalue weighted by molar-refractivity contribution is 0.0600. The van der Waals surface area contributed by atoms with E-state index in [-0.39, 0.29) is 23.1 Å². The van der Waals surface area contributed by atoms with Crippen LogP contribution < -0.4 is 10.1 Å². The van der Waals surface area contributed by atoms with Crippen molar-refractivity contribution in [2.75, 3.05) is 12.4 Å². The first-order valence-electron chi connectivity index (χ1n) is 9.79. The van der Waals surface area contributed by atoms with Crippen LogP contribution in [0, 0.1) is 6.92 Å². The van der Waals surface area contributed by atoms with Crippen LogP contribution in [0.5, 0.6) is 5.75 Å². The monoisotopic (exact) mass is 449 g/mol. The number of aromatic nitrogens is 2. The van der Waals surface area contributed by atoms with Gasteiger partial charge in [-0.05, 0) is 55.0 Å². The van der Waals surface area contributed by atoms with E-state index < -0.39 is 5.97 Å². The third-order valence-electron chi connectivity index (χ3n) is 4.76. The van der Waals surface area contributed by atoms with Gasteiger partial charge in [-0.1, -0.05) is 23.7 Å². The Hall–Kier alpha value is -3.84. The third-order valence-corrected chi connectivity index (χ3v) is 5.09. The quantitative estimate of drug-likeness (QED) is 0.423. The van der Waals surface area contributed by atoms with Crippen LogP contribution in [0.3, 0.4) is 0 Å². The lowest BCUT2D eigenvalue weighted by Crippen LogP contribution is -2.13. The summed E-state index contributed by atoms with van der Waals surface area (Å²) in [6.07, 6.45) is 3.91. The van der Waals surface area contributed by atoms with E-state index >= 15 is 0 Å². The summed E-state index contributed by atoms with van der Waals surface area (Å²) >= 11 is 6.03. The Labute approximate surface area is 189 Å². The fourth-order valence-corrected chi connectivity index (χ4v) is 3.38. The van der Waals surface area contributed by atoms with Gasteiger partial charge < -0.3 is 19.2 Å². The number of amides is 1. The summed E-state index contributed by atoms with van der Waals surface area (Å²) in [6, 6.07) is 15.4. The van der Waals surface area contributed by atoms with Crippen molar-refractivity contribution in [3.8, 4) is 5.75 Å². The molecule has 0 atom stereocenters. The maximum atomic E-state index is 12.7. The minimum absolute atomic E-state index is 0.173. The van der Waals surface area contributed by atoms with E-state index in [1.807, 2.05) is 35.9 Å². The largest absolute Gasteiger partial charge is 0.487 e. The summed E-state index contributed by atoms with van der Waals surface area (Å²) in [7, 11) is 1.27. The second-order valence-electron chi connectivity index (χ2n) is 7.16. The molecule has 32 heavy (non-hydrogen) atoms. The van der Waals surface area contributed by atoms with Crippen molar-refractivity contribution in [1.29, 1.82) is 0 Å². The van der Waals surface area contributed by atoms with Crippen molar-refractivity contribution < 1.29 is 19.1 Å². The summed E-state index contributed by atoms with van der Waals surface area (Å²) in [6.45, 7) is 2.29. The Bertz CT molecular complexity index is 1320. The van der Waals surface area contributed by atoms with Gasteiger partial charge in [-0.3, -0.25) is 4.79 Å². The average Bonchev–Trinajstić information content (AvgIpc) is 3.20. The lowest BCUT2D eigenvalue weighted by atomic mass is 10.1. The fourth-order valence-electron chi connectivity index (χ4n) is 3.18. The van der Waals surface area contributed by atoms with Crippen molar-refractivity contribution in [2.45, 2.75) is 13.5 Å². The number of nitrogens with one attached hydrogen (secondary N) is 1. The van der Waals surface area contributed by atoms with Gasteiger partial charge in [0.25, 0.3) is 5.91 Å². The van der Waals surface area contributed by atoms with Gasteiger partial charge in [0, 0.05) is 23.6 Å². The molecule has 162 valence electrons. The Balaban J connectivity index is 1.45. The van der Waals surface area contributed by atoms with E-state index in [4.69, 9.17) is 21.1 Å². The molecule has 0 aliphatic rings. The molecule has 0 saturated heterocycles. The summed E-state index contributed by atoms with van der Waals surface area (Å²) in [5, 5.41) is 3.00. The molecule has 4 rings (SSSR count). The van der Waals surface area contributed by atoms with Crippen LogP contribution in [0.25, 0.3) is 5.65 Å². The van der Waals surface area contributed by atoms with Crippen LogP contribution in [-0.4, -0.2) is 28.4 Å². The molecule has 0 fully saturated rings. The standard InChI is InChI=1S/C24H20ClN3O4/c1-15-6-9-22-26-18(13-28(22)12-15)14-32-19-5-3-4-16(10-19)23(29)27-17-7-8-21(25)20(11-17)24(30)31-2/h3-13H,14H2,1-2H3,(H,27,29). The van der Waals surface area contributed by atoms with Crippen LogP contribution in [0.1, 0.15) is 32.0 Å². The number of esters is 1. The molecule has 0 aliphatic carbocycles. The number of rotatable bonds is 6. The zero-order valence-corrected chi connectivity index (χ0v) is 18.2. The molecule has 1 N–H and O–H groups in total. The number of ether oxygens (including phenoxy) is 2. The molecule has 1 amide bonds. The molecular weight excluding hydrogens is 430 g/mol.